The molecule has 0 atom stereocenters. The molecule has 0 unspecified atom stereocenters. The molecule has 0 spiro atoms. The van der Waals surface area contributed by atoms with Gasteiger partial charge in [-0.25, -0.2) is 9.97 Å². The molecule has 0 radical (unpaired) electrons. The van der Waals surface area contributed by atoms with E-state index in [1.165, 1.54) is 5.69 Å². The molecule has 0 saturated carbocycles. The number of rotatable bonds is 6. The molecule has 1 fully saturated rings. The van der Waals surface area contributed by atoms with Crippen LogP contribution in [-0.4, -0.2) is 48.7 Å². The highest BCUT2D eigenvalue weighted by atomic mass is 16.5. The average Bonchev–Trinajstić information content (AvgIpc) is 2.85. The van der Waals surface area contributed by atoms with Gasteiger partial charge in [-0.2, -0.15) is 5.26 Å². The lowest BCUT2D eigenvalue weighted by Gasteiger charge is -2.28. The molecule has 162 valence electrons. The second-order valence-corrected chi connectivity index (χ2v) is 7.41. The van der Waals surface area contributed by atoms with Crippen LogP contribution in [0.25, 0.3) is 11.3 Å². The highest BCUT2D eigenvalue weighted by Gasteiger charge is 2.12. The van der Waals surface area contributed by atoms with E-state index >= 15 is 0 Å². The molecule has 1 aromatic heterocycles. The lowest BCUT2D eigenvalue weighted by molar-refractivity contribution is 0.0958. The van der Waals surface area contributed by atoms with Gasteiger partial charge in [-0.1, -0.05) is 12.1 Å². The second kappa shape index (κ2) is 9.90. The van der Waals surface area contributed by atoms with Crippen LogP contribution >= 0.6 is 0 Å². The van der Waals surface area contributed by atoms with Crippen molar-refractivity contribution in [3.63, 3.8) is 0 Å². The predicted molar refractivity (Wildman–Crippen MR) is 123 cm³/mol. The number of carbonyl (C=O) groups is 1. The first-order valence-electron chi connectivity index (χ1n) is 10.4. The Balaban J connectivity index is 1.48. The Kier molecular flexibility index (Phi) is 6.58. The van der Waals surface area contributed by atoms with Crippen LogP contribution in [0.4, 0.5) is 17.3 Å². The van der Waals surface area contributed by atoms with Crippen molar-refractivity contribution in [2.24, 2.45) is 0 Å². The maximum absolute atomic E-state index is 12.0. The molecule has 0 aliphatic carbocycles. The molecular formula is C24H24N6O2. The summed E-state index contributed by atoms with van der Waals surface area (Å²) in [7, 11) is 0. The molecule has 32 heavy (non-hydrogen) atoms. The van der Waals surface area contributed by atoms with Crippen LogP contribution in [0.3, 0.4) is 0 Å². The van der Waals surface area contributed by atoms with E-state index in [4.69, 9.17) is 10.00 Å². The third kappa shape index (κ3) is 5.02. The number of hydrogen-bond acceptors (Lipinski definition) is 7. The van der Waals surface area contributed by atoms with Crippen molar-refractivity contribution in [1.82, 2.24) is 15.3 Å². The maximum atomic E-state index is 12.0. The van der Waals surface area contributed by atoms with Gasteiger partial charge in [0.05, 0.1) is 25.0 Å². The summed E-state index contributed by atoms with van der Waals surface area (Å²) in [5, 5.41) is 14.4. The van der Waals surface area contributed by atoms with Crippen molar-refractivity contribution < 1.29 is 9.53 Å². The highest BCUT2D eigenvalue weighted by molar-refractivity contribution is 5.94. The zero-order valence-corrected chi connectivity index (χ0v) is 17.8. The minimum Gasteiger partial charge on any atom is -0.378 e. The summed E-state index contributed by atoms with van der Waals surface area (Å²) in [6, 6.07) is 17.2. The number of amides is 1. The zero-order valence-electron chi connectivity index (χ0n) is 17.8. The number of ether oxygens (including phenoxy) is 1. The second-order valence-electron chi connectivity index (χ2n) is 7.41. The van der Waals surface area contributed by atoms with Gasteiger partial charge in [-0.3, -0.25) is 4.79 Å². The van der Waals surface area contributed by atoms with E-state index in [1.54, 1.807) is 18.3 Å². The van der Waals surface area contributed by atoms with E-state index in [1.807, 2.05) is 37.3 Å². The molecule has 8 nitrogen and oxygen atoms in total. The SMILES string of the molecule is Cc1cnc(Nc2ccc(N3CCOCC3)cc2)nc1-c1ccc(C(=O)NCC#N)cc1. The van der Waals surface area contributed by atoms with Gasteiger partial charge in [-0.15, -0.1) is 0 Å². The molecule has 4 rings (SSSR count). The quantitative estimate of drug-likeness (QED) is 0.581. The standard InChI is InChI=1S/C24H24N6O2/c1-17-16-27-24(28-20-6-8-21(9-7-20)30-12-14-32-15-13-30)29-22(17)18-2-4-19(5-3-18)23(31)26-11-10-25/h2-9,16H,11-15H2,1H3,(H,26,31)(H,27,28,29). The van der Waals surface area contributed by atoms with Crippen LogP contribution in [-0.2, 0) is 4.74 Å². The molecule has 1 saturated heterocycles. The van der Waals surface area contributed by atoms with Crippen LogP contribution in [0.15, 0.2) is 54.7 Å². The lowest BCUT2D eigenvalue weighted by Crippen LogP contribution is -2.36. The number of carbonyl (C=O) groups excluding carboxylic acids is 1. The van der Waals surface area contributed by atoms with Crippen molar-refractivity contribution in [3.05, 3.63) is 65.9 Å². The topological polar surface area (TPSA) is 103 Å². The number of anilines is 3. The summed E-state index contributed by atoms with van der Waals surface area (Å²) >= 11 is 0. The monoisotopic (exact) mass is 428 g/mol. The minimum atomic E-state index is -0.277. The Bertz CT molecular complexity index is 1120. The van der Waals surface area contributed by atoms with Gasteiger partial charge in [0.25, 0.3) is 5.91 Å². The third-order valence-corrected chi connectivity index (χ3v) is 5.22. The Labute approximate surface area is 186 Å². The summed E-state index contributed by atoms with van der Waals surface area (Å²) < 4.78 is 5.41. The van der Waals surface area contributed by atoms with E-state index in [-0.39, 0.29) is 12.5 Å². The third-order valence-electron chi connectivity index (χ3n) is 5.22. The molecule has 2 aromatic carbocycles. The van der Waals surface area contributed by atoms with Gasteiger partial charge in [0.15, 0.2) is 0 Å². The van der Waals surface area contributed by atoms with E-state index in [0.29, 0.717) is 11.5 Å². The zero-order chi connectivity index (χ0) is 22.3. The molecule has 8 heteroatoms. The van der Waals surface area contributed by atoms with E-state index in [9.17, 15) is 4.79 Å². The average molecular weight is 428 g/mol. The first kappa shape index (κ1) is 21.3. The fourth-order valence-electron chi connectivity index (χ4n) is 3.50. The number of morpholine rings is 1. The molecule has 1 aliphatic rings. The molecule has 2 N–H and O–H groups in total. The highest BCUT2D eigenvalue weighted by Crippen LogP contribution is 2.25. The summed E-state index contributed by atoms with van der Waals surface area (Å²) in [5.41, 5.74) is 5.17. The molecule has 3 aromatic rings. The summed E-state index contributed by atoms with van der Waals surface area (Å²) in [4.78, 5) is 23.4. The summed E-state index contributed by atoms with van der Waals surface area (Å²) in [5.74, 6) is 0.223. The van der Waals surface area contributed by atoms with E-state index in [0.717, 1.165) is 48.8 Å². The van der Waals surface area contributed by atoms with Gasteiger partial charge in [-0.05, 0) is 48.9 Å². The number of aryl methyl sites for hydroxylation is 1. The first-order valence-corrected chi connectivity index (χ1v) is 10.4. The van der Waals surface area contributed by atoms with Crippen molar-refractivity contribution in [3.8, 4) is 17.3 Å². The molecule has 1 aliphatic heterocycles. The fourth-order valence-corrected chi connectivity index (χ4v) is 3.50. The Morgan fingerprint density at radius 2 is 1.84 bits per heavy atom. The van der Waals surface area contributed by atoms with E-state index in [2.05, 4.69) is 37.6 Å². The smallest absolute Gasteiger partial charge is 0.252 e. The van der Waals surface area contributed by atoms with Gasteiger partial charge >= 0.3 is 0 Å². The number of nitrogens with zero attached hydrogens (tertiary/aromatic N) is 4. The van der Waals surface area contributed by atoms with Gasteiger partial charge in [0.1, 0.15) is 6.54 Å². The number of nitriles is 1. The van der Waals surface area contributed by atoms with Gasteiger partial charge in [0.2, 0.25) is 5.95 Å². The molecular weight excluding hydrogens is 404 g/mol. The normalized spacial score (nSPS) is 13.3. The molecule has 1 amide bonds. The Morgan fingerprint density at radius 1 is 1.12 bits per heavy atom. The molecule has 0 bridgehead atoms. The number of hydrogen-bond donors (Lipinski definition) is 2. The van der Waals surface area contributed by atoms with E-state index < -0.39 is 0 Å². The van der Waals surface area contributed by atoms with Crippen molar-refractivity contribution in [2.45, 2.75) is 6.92 Å². The minimum absolute atomic E-state index is 0.0198. The summed E-state index contributed by atoms with van der Waals surface area (Å²) in [6.07, 6.45) is 1.78. The van der Waals surface area contributed by atoms with Crippen LogP contribution < -0.4 is 15.5 Å². The first-order chi connectivity index (χ1) is 15.6. The predicted octanol–water partition coefficient (Wildman–Crippen LogP) is 3.29. The number of benzene rings is 2. The van der Waals surface area contributed by atoms with Crippen LogP contribution in [0.2, 0.25) is 0 Å². The van der Waals surface area contributed by atoms with Gasteiger partial charge < -0.3 is 20.3 Å². The number of nitrogens with one attached hydrogen (secondary N) is 2. The maximum Gasteiger partial charge on any atom is 0.252 e. The van der Waals surface area contributed by atoms with Crippen LogP contribution in [0.1, 0.15) is 15.9 Å². The number of aromatic nitrogens is 2. The summed E-state index contributed by atoms with van der Waals surface area (Å²) in [6.45, 7) is 5.24. The van der Waals surface area contributed by atoms with Crippen LogP contribution in [0, 0.1) is 18.3 Å². The van der Waals surface area contributed by atoms with Crippen molar-refractivity contribution >= 4 is 23.2 Å². The largest absolute Gasteiger partial charge is 0.378 e. The Hall–Kier alpha value is -3.96. The van der Waals surface area contributed by atoms with Crippen LogP contribution in [0.5, 0.6) is 0 Å². The van der Waals surface area contributed by atoms with Crippen molar-refractivity contribution in [1.29, 1.82) is 5.26 Å². The Morgan fingerprint density at radius 3 is 2.53 bits per heavy atom. The molecule has 2 heterocycles. The fraction of sp³-hybridized carbons (Fsp3) is 0.250. The van der Waals surface area contributed by atoms with Crippen molar-refractivity contribution in [2.75, 3.05) is 43.1 Å². The lowest BCUT2D eigenvalue weighted by atomic mass is 10.1. The van der Waals surface area contributed by atoms with Gasteiger partial charge in [0, 0.05) is 41.8 Å².